The maximum absolute atomic E-state index is 11.5. The number of anilines is 1. The molecule has 6 nitrogen and oxygen atoms in total. The number of halogens is 1. The number of nitrogens with zero attached hydrogens (tertiary/aromatic N) is 3. The minimum Gasteiger partial charge on any atom is -0.444 e. The monoisotopic (exact) mass is 286 g/mol. The fraction of sp³-hybridized carbons (Fsp3) is 0.400. The molecule has 1 amide bonds. The second kappa shape index (κ2) is 4.66. The van der Waals surface area contributed by atoms with E-state index < -0.39 is 11.7 Å². The third-order valence-corrected chi connectivity index (χ3v) is 2.79. The first kappa shape index (κ1) is 13.0. The SMILES string of the molecule is CC(C)(C)OC(=O)Nc1nc2cnc(Cl)nc2s1. The maximum Gasteiger partial charge on any atom is 0.413 e. The number of fused-ring (bicyclic) bond motifs is 1. The van der Waals surface area contributed by atoms with Gasteiger partial charge in [-0.05, 0) is 32.4 Å². The zero-order chi connectivity index (χ0) is 13.3. The molecule has 0 fully saturated rings. The number of aromatic nitrogens is 3. The lowest BCUT2D eigenvalue weighted by Gasteiger charge is -2.18. The number of amides is 1. The normalized spacial score (nSPS) is 11.6. The molecule has 0 spiro atoms. The van der Waals surface area contributed by atoms with Crippen LogP contribution in [0.5, 0.6) is 0 Å². The van der Waals surface area contributed by atoms with Gasteiger partial charge < -0.3 is 4.74 Å². The molecule has 2 heterocycles. The van der Waals surface area contributed by atoms with Gasteiger partial charge in [0.2, 0.25) is 5.28 Å². The van der Waals surface area contributed by atoms with Gasteiger partial charge in [0.15, 0.2) is 5.13 Å². The summed E-state index contributed by atoms with van der Waals surface area (Å²) in [7, 11) is 0. The van der Waals surface area contributed by atoms with Crippen molar-refractivity contribution in [3.8, 4) is 0 Å². The fourth-order valence-corrected chi connectivity index (χ4v) is 2.14. The van der Waals surface area contributed by atoms with E-state index in [9.17, 15) is 4.79 Å². The molecule has 1 N–H and O–H groups in total. The van der Waals surface area contributed by atoms with Crippen LogP contribution < -0.4 is 5.32 Å². The fourth-order valence-electron chi connectivity index (χ4n) is 1.16. The first-order chi connectivity index (χ1) is 8.33. The van der Waals surface area contributed by atoms with E-state index in [1.165, 1.54) is 17.5 Å². The number of carbonyl (C=O) groups is 1. The molecule has 0 aromatic carbocycles. The summed E-state index contributed by atoms with van der Waals surface area (Å²) in [6.45, 7) is 5.36. The Morgan fingerprint density at radius 2 is 2.17 bits per heavy atom. The van der Waals surface area contributed by atoms with Crippen LogP contribution in [0.25, 0.3) is 10.3 Å². The molecule has 2 aromatic heterocycles. The average molecular weight is 287 g/mol. The van der Waals surface area contributed by atoms with Gasteiger partial charge in [-0.25, -0.2) is 19.7 Å². The Labute approximate surface area is 112 Å². The summed E-state index contributed by atoms with van der Waals surface area (Å²) in [5.41, 5.74) is 0.0274. The van der Waals surface area contributed by atoms with Crippen LogP contribution in [0.3, 0.4) is 0 Å². The predicted molar refractivity (Wildman–Crippen MR) is 70.1 cm³/mol. The third-order valence-electron chi connectivity index (χ3n) is 1.73. The Balaban J connectivity index is 2.15. The van der Waals surface area contributed by atoms with E-state index >= 15 is 0 Å². The van der Waals surface area contributed by atoms with Crippen molar-refractivity contribution in [1.29, 1.82) is 0 Å². The van der Waals surface area contributed by atoms with Crippen LogP contribution in [0.2, 0.25) is 5.28 Å². The topological polar surface area (TPSA) is 77.0 Å². The van der Waals surface area contributed by atoms with E-state index in [0.29, 0.717) is 15.5 Å². The highest BCUT2D eigenvalue weighted by Crippen LogP contribution is 2.24. The molecule has 0 aliphatic carbocycles. The van der Waals surface area contributed by atoms with Crippen LogP contribution in [-0.2, 0) is 4.74 Å². The summed E-state index contributed by atoms with van der Waals surface area (Å²) in [5, 5.41) is 3.09. The second-order valence-electron chi connectivity index (χ2n) is 4.48. The highest BCUT2D eigenvalue weighted by Gasteiger charge is 2.17. The second-order valence-corrected chi connectivity index (χ2v) is 5.79. The minimum atomic E-state index is -0.555. The van der Waals surface area contributed by atoms with Gasteiger partial charge in [-0.15, -0.1) is 0 Å². The maximum atomic E-state index is 11.5. The van der Waals surface area contributed by atoms with Gasteiger partial charge in [0, 0.05) is 0 Å². The lowest BCUT2D eigenvalue weighted by Crippen LogP contribution is -2.27. The van der Waals surface area contributed by atoms with Crippen LogP contribution >= 0.6 is 22.9 Å². The quantitative estimate of drug-likeness (QED) is 0.815. The summed E-state index contributed by atoms with van der Waals surface area (Å²) in [6, 6.07) is 0. The van der Waals surface area contributed by atoms with Crippen molar-refractivity contribution in [2.24, 2.45) is 0 Å². The molecule has 0 radical (unpaired) electrons. The van der Waals surface area contributed by atoms with Gasteiger partial charge in [0.25, 0.3) is 0 Å². The van der Waals surface area contributed by atoms with Gasteiger partial charge in [-0.2, -0.15) is 0 Å². The summed E-state index contributed by atoms with van der Waals surface area (Å²) < 4.78 is 5.12. The Morgan fingerprint density at radius 1 is 1.44 bits per heavy atom. The van der Waals surface area contributed by atoms with Crippen LogP contribution in [0.1, 0.15) is 20.8 Å². The molecular weight excluding hydrogens is 276 g/mol. The Kier molecular flexibility index (Phi) is 3.36. The zero-order valence-electron chi connectivity index (χ0n) is 10.0. The van der Waals surface area contributed by atoms with Crippen LogP contribution in [0, 0.1) is 0 Å². The van der Waals surface area contributed by atoms with E-state index in [1.807, 2.05) is 0 Å². The van der Waals surface area contributed by atoms with Crippen LogP contribution in [0.4, 0.5) is 9.93 Å². The molecule has 0 saturated carbocycles. The Bertz CT molecular complexity index is 593. The van der Waals surface area contributed by atoms with Crippen molar-refractivity contribution >= 4 is 44.5 Å². The number of carbonyl (C=O) groups excluding carboxylic acids is 1. The number of thiazole rings is 1. The highest BCUT2D eigenvalue weighted by molar-refractivity contribution is 7.21. The number of hydrogen-bond donors (Lipinski definition) is 1. The summed E-state index contributed by atoms with van der Waals surface area (Å²) in [4.78, 5) is 24.1. The minimum absolute atomic E-state index is 0.148. The van der Waals surface area contributed by atoms with E-state index in [1.54, 1.807) is 20.8 Å². The molecule has 18 heavy (non-hydrogen) atoms. The Morgan fingerprint density at radius 3 is 2.83 bits per heavy atom. The van der Waals surface area contributed by atoms with Crippen molar-refractivity contribution in [3.05, 3.63) is 11.5 Å². The third kappa shape index (κ3) is 3.27. The molecule has 0 aliphatic heterocycles. The van der Waals surface area contributed by atoms with Crippen molar-refractivity contribution < 1.29 is 9.53 Å². The van der Waals surface area contributed by atoms with E-state index in [-0.39, 0.29) is 5.28 Å². The highest BCUT2D eigenvalue weighted by atomic mass is 35.5. The lowest BCUT2D eigenvalue weighted by molar-refractivity contribution is 0.0636. The predicted octanol–water partition coefficient (Wildman–Crippen LogP) is 3.09. The van der Waals surface area contributed by atoms with E-state index in [2.05, 4.69) is 20.3 Å². The first-order valence-corrected chi connectivity index (χ1v) is 6.32. The number of nitrogens with one attached hydrogen (secondary N) is 1. The molecule has 8 heteroatoms. The molecule has 0 atom stereocenters. The smallest absolute Gasteiger partial charge is 0.413 e. The molecule has 0 saturated heterocycles. The summed E-state index contributed by atoms with van der Waals surface area (Å²) >= 11 is 6.87. The molecule has 2 aromatic rings. The zero-order valence-corrected chi connectivity index (χ0v) is 11.6. The summed E-state index contributed by atoms with van der Waals surface area (Å²) in [6.07, 6.45) is 0.946. The molecule has 0 bridgehead atoms. The van der Waals surface area contributed by atoms with Crippen molar-refractivity contribution in [2.45, 2.75) is 26.4 Å². The molecule has 0 aliphatic rings. The van der Waals surface area contributed by atoms with Crippen molar-refractivity contribution in [1.82, 2.24) is 15.0 Å². The molecule has 96 valence electrons. The average Bonchev–Trinajstić information content (AvgIpc) is 2.55. The van der Waals surface area contributed by atoms with Crippen molar-refractivity contribution in [2.75, 3.05) is 5.32 Å². The standard InChI is InChI=1S/C10H11ClN4O2S/c1-10(2,3)17-9(16)15-8-13-5-4-12-7(11)14-6(5)18-8/h4H,1-3H3,(H,13,15,16). The number of rotatable bonds is 1. The first-order valence-electron chi connectivity index (χ1n) is 5.12. The van der Waals surface area contributed by atoms with Crippen LogP contribution in [-0.4, -0.2) is 26.6 Å². The lowest BCUT2D eigenvalue weighted by atomic mass is 10.2. The van der Waals surface area contributed by atoms with Gasteiger partial charge >= 0.3 is 6.09 Å². The molecule has 0 unspecified atom stereocenters. The van der Waals surface area contributed by atoms with Gasteiger partial charge in [0.05, 0.1) is 6.20 Å². The number of hydrogen-bond acceptors (Lipinski definition) is 6. The van der Waals surface area contributed by atoms with E-state index in [0.717, 1.165) is 0 Å². The van der Waals surface area contributed by atoms with E-state index in [4.69, 9.17) is 16.3 Å². The summed E-state index contributed by atoms with van der Waals surface area (Å²) in [5.74, 6) is 0. The Hall–Kier alpha value is -1.47. The molecule has 2 rings (SSSR count). The van der Waals surface area contributed by atoms with Gasteiger partial charge in [0.1, 0.15) is 15.9 Å². The molecular formula is C10H11ClN4O2S. The van der Waals surface area contributed by atoms with Gasteiger partial charge in [-0.3, -0.25) is 5.32 Å². The number of ether oxygens (including phenoxy) is 1. The largest absolute Gasteiger partial charge is 0.444 e. The van der Waals surface area contributed by atoms with Crippen molar-refractivity contribution in [3.63, 3.8) is 0 Å². The van der Waals surface area contributed by atoms with Crippen LogP contribution in [0.15, 0.2) is 6.20 Å². The van der Waals surface area contributed by atoms with Gasteiger partial charge in [-0.1, -0.05) is 11.3 Å².